The van der Waals surface area contributed by atoms with Crippen LogP contribution in [0.1, 0.15) is 51.0 Å². The van der Waals surface area contributed by atoms with Gasteiger partial charge < -0.3 is 20.4 Å². The quantitative estimate of drug-likeness (QED) is 0.530. The van der Waals surface area contributed by atoms with E-state index in [1.165, 1.54) is 18.9 Å². The number of nitrogens with one attached hydrogen (secondary N) is 2. The van der Waals surface area contributed by atoms with E-state index in [1.807, 2.05) is 49.4 Å². The number of benzene rings is 2. The van der Waals surface area contributed by atoms with E-state index in [1.54, 1.807) is 11.0 Å². The zero-order valence-electron chi connectivity index (χ0n) is 20.3. The predicted molar refractivity (Wildman–Crippen MR) is 140 cm³/mol. The molecule has 0 radical (unpaired) electrons. The average molecular weight is 475 g/mol. The summed E-state index contributed by atoms with van der Waals surface area (Å²) in [6.45, 7) is 4.82. The first-order valence-corrected chi connectivity index (χ1v) is 12.6. The number of anilines is 3. The maximum Gasteiger partial charge on any atom is 0.246 e. The summed E-state index contributed by atoms with van der Waals surface area (Å²) in [7, 11) is 0. The molecule has 2 aliphatic heterocycles. The van der Waals surface area contributed by atoms with E-state index in [0.29, 0.717) is 12.8 Å². The Morgan fingerprint density at radius 2 is 1.77 bits per heavy atom. The van der Waals surface area contributed by atoms with E-state index in [2.05, 4.69) is 21.6 Å². The number of amides is 3. The van der Waals surface area contributed by atoms with Crippen LogP contribution in [0.5, 0.6) is 0 Å². The van der Waals surface area contributed by atoms with Crippen LogP contribution in [-0.2, 0) is 14.4 Å². The van der Waals surface area contributed by atoms with Gasteiger partial charge in [-0.25, -0.2) is 0 Å². The third-order valence-corrected chi connectivity index (χ3v) is 6.50. The molecule has 2 aliphatic rings. The van der Waals surface area contributed by atoms with Gasteiger partial charge in [-0.2, -0.15) is 0 Å². The molecule has 3 amide bonds. The Morgan fingerprint density at radius 3 is 2.46 bits per heavy atom. The molecule has 2 saturated heterocycles. The van der Waals surface area contributed by atoms with E-state index >= 15 is 0 Å². The summed E-state index contributed by atoms with van der Waals surface area (Å²) in [6.07, 6.45) is 8.34. The summed E-state index contributed by atoms with van der Waals surface area (Å²) < 4.78 is 0. The smallest absolute Gasteiger partial charge is 0.246 e. The first-order valence-electron chi connectivity index (χ1n) is 12.6. The van der Waals surface area contributed by atoms with Crippen molar-refractivity contribution in [3.63, 3.8) is 0 Å². The van der Waals surface area contributed by atoms with Crippen LogP contribution in [0.2, 0.25) is 0 Å². The lowest BCUT2D eigenvalue weighted by Gasteiger charge is -2.20. The lowest BCUT2D eigenvalue weighted by molar-refractivity contribution is -0.123. The molecule has 4 rings (SSSR count). The molecule has 7 nitrogen and oxygen atoms in total. The van der Waals surface area contributed by atoms with Crippen molar-refractivity contribution in [2.45, 2.75) is 51.5 Å². The fourth-order valence-electron chi connectivity index (χ4n) is 4.62. The van der Waals surface area contributed by atoms with E-state index in [-0.39, 0.29) is 17.7 Å². The molecule has 7 heteroatoms. The van der Waals surface area contributed by atoms with Gasteiger partial charge in [-0.05, 0) is 67.7 Å². The lowest BCUT2D eigenvalue weighted by atomic mass is 10.1. The maximum atomic E-state index is 12.9. The Bertz CT molecular complexity index is 1070. The van der Waals surface area contributed by atoms with Crippen LogP contribution in [0.3, 0.4) is 0 Å². The number of nitrogens with zero attached hydrogens (tertiary/aromatic N) is 2. The Kier molecular flexibility index (Phi) is 8.19. The van der Waals surface area contributed by atoms with Crippen molar-refractivity contribution in [2.24, 2.45) is 0 Å². The fraction of sp³-hybridized carbons (Fsp3) is 0.393. The topological polar surface area (TPSA) is 81.8 Å². The minimum atomic E-state index is -0.615. The van der Waals surface area contributed by atoms with Gasteiger partial charge in [-0.1, -0.05) is 31.5 Å². The summed E-state index contributed by atoms with van der Waals surface area (Å²) in [6, 6.07) is 14.8. The van der Waals surface area contributed by atoms with Crippen molar-refractivity contribution in [3.05, 3.63) is 60.2 Å². The first-order chi connectivity index (χ1) is 17.0. The second-order valence-corrected chi connectivity index (χ2v) is 9.16. The van der Waals surface area contributed by atoms with E-state index in [4.69, 9.17) is 0 Å². The number of carbonyl (C=O) groups is 3. The van der Waals surface area contributed by atoms with Gasteiger partial charge in [-0.15, -0.1) is 0 Å². The van der Waals surface area contributed by atoms with Crippen LogP contribution < -0.4 is 20.4 Å². The highest BCUT2D eigenvalue weighted by molar-refractivity contribution is 6.00. The van der Waals surface area contributed by atoms with E-state index < -0.39 is 6.04 Å². The minimum absolute atomic E-state index is 0.149. The minimum Gasteiger partial charge on any atom is -0.371 e. The SMILES string of the molecule is CCCC(NC(=O)/C=C/c1ccc(N2CCCC2=O)cc1)C(=O)Nc1cccc(N2CCCC2)c1. The van der Waals surface area contributed by atoms with Crippen LogP contribution in [0.4, 0.5) is 17.1 Å². The third-order valence-electron chi connectivity index (χ3n) is 6.50. The molecule has 0 spiro atoms. The Morgan fingerprint density at radius 1 is 1.00 bits per heavy atom. The van der Waals surface area contributed by atoms with Crippen LogP contribution in [0, 0.1) is 0 Å². The molecule has 1 atom stereocenters. The van der Waals surface area contributed by atoms with Crippen LogP contribution >= 0.6 is 0 Å². The first kappa shape index (κ1) is 24.5. The summed E-state index contributed by atoms with van der Waals surface area (Å²) in [5, 5.41) is 5.81. The number of hydrogen-bond acceptors (Lipinski definition) is 4. The highest BCUT2D eigenvalue weighted by Gasteiger charge is 2.22. The molecule has 2 aromatic rings. The maximum absolute atomic E-state index is 12.9. The van der Waals surface area contributed by atoms with Crippen LogP contribution in [0.15, 0.2) is 54.6 Å². The van der Waals surface area contributed by atoms with E-state index in [9.17, 15) is 14.4 Å². The summed E-state index contributed by atoms with van der Waals surface area (Å²) >= 11 is 0. The highest BCUT2D eigenvalue weighted by atomic mass is 16.2. The monoisotopic (exact) mass is 474 g/mol. The van der Waals surface area contributed by atoms with Crippen molar-refractivity contribution in [1.29, 1.82) is 0 Å². The van der Waals surface area contributed by atoms with Crippen molar-refractivity contribution >= 4 is 40.9 Å². The molecule has 184 valence electrons. The van der Waals surface area contributed by atoms with Gasteiger partial charge in [0.25, 0.3) is 0 Å². The Balaban J connectivity index is 1.33. The molecule has 2 heterocycles. The fourth-order valence-corrected chi connectivity index (χ4v) is 4.62. The molecule has 0 aromatic heterocycles. The van der Waals surface area contributed by atoms with E-state index in [0.717, 1.165) is 55.1 Å². The second-order valence-electron chi connectivity index (χ2n) is 9.16. The van der Waals surface area contributed by atoms with Crippen molar-refractivity contribution in [1.82, 2.24) is 5.32 Å². The zero-order valence-corrected chi connectivity index (χ0v) is 20.3. The zero-order chi connectivity index (χ0) is 24.6. The normalized spacial score (nSPS) is 16.7. The number of rotatable bonds is 9. The van der Waals surface area contributed by atoms with Crippen molar-refractivity contribution < 1.29 is 14.4 Å². The molecular formula is C28H34N4O3. The lowest BCUT2D eigenvalue weighted by Crippen LogP contribution is -2.43. The standard InChI is InChI=1S/C28H34N4O3/c1-2-7-25(28(35)29-22-8-5-9-24(20-22)31-17-3-4-18-31)30-26(33)16-13-21-11-14-23(15-12-21)32-19-6-10-27(32)34/h5,8-9,11-16,20,25H,2-4,6-7,10,17-19H2,1H3,(H,29,35)(H,30,33)/b16-13+. The molecule has 2 aromatic carbocycles. The Hall–Kier alpha value is -3.61. The molecule has 2 fully saturated rings. The Labute approximate surface area is 207 Å². The molecule has 35 heavy (non-hydrogen) atoms. The summed E-state index contributed by atoms with van der Waals surface area (Å²) in [5.41, 5.74) is 3.58. The van der Waals surface area contributed by atoms with Gasteiger partial charge >= 0.3 is 0 Å². The van der Waals surface area contributed by atoms with Gasteiger partial charge in [0.1, 0.15) is 6.04 Å². The number of carbonyl (C=O) groups excluding carboxylic acids is 3. The van der Waals surface area contributed by atoms with Gasteiger partial charge in [0.15, 0.2) is 0 Å². The molecule has 0 bridgehead atoms. The van der Waals surface area contributed by atoms with Gasteiger partial charge in [0, 0.05) is 49.2 Å². The highest BCUT2D eigenvalue weighted by Crippen LogP contribution is 2.24. The molecule has 0 aliphatic carbocycles. The van der Waals surface area contributed by atoms with Gasteiger partial charge in [0.2, 0.25) is 17.7 Å². The molecular weight excluding hydrogens is 440 g/mol. The molecule has 2 N–H and O–H groups in total. The summed E-state index contributed by atoms with van der Waals surface area (Å²) in [5.74, 6) is -0.384. The average Bonchev–Trinajstić information content (AvgIpc) is 3.55. The van der Waals surface area contributed by atoms with Crippen molar-refractivity contribution in [2.75, 3.05) is 34.8 Å². The third kappa shape index (κ3) is 6.50. The van der Waals surface area contributed by atoms with Crippen LogP contribution in [-0.4, -0.2) is 43.4 Å². The largest absolute Gasteiger partial charge is 0.371 e. The molecule has 0 saturated carbocycles. The van der Waals surface area contributed by atoms with Gasteiger partial charge in [-0.3, -0.25) is 14.4 Å². The van der Waals surface area contributed by atoms with Crippen LogP contribution in [0.25, 0.3) is 6.08 Å². The number of hydrogen-bond donors (Lipinski definition) is 2. The van der Waals surface area contributed by atoms with Crippen molar-refractivity contribution in [3.8, 4) is 0 Å². The second kappa shape index (κ2) is 11.7. The predicted octanol–water partition coefficient (Wildman–Crippen LogP) is 4.35. The van der Waals surface area contributed by atoms with Gasteiger partial charge in [0.05, 0.1) is 0 Å². The summed E-state index contributed by atoms with van der Waals surface area (Å²) in [4.78, 5) is 41.5. The molecule has 1 unspecified atom stereocenters.